The van der Waals surface area contributed by atoms with Gasteiger partial charge in [-0.25, -0.2) is 5.48 Å². The van der Waals surface area contributed by atoms with Gasteiger partial charge in [-0.2, -0.15) is 0 Å². The molecule has 0 saturated carbocycles. The number of hydroxylamine groups is 1. The lowest BCUT2D eigenvalue weighted by Crippen LogP contribution is -2.32. The summed E-state index contributed by atoms with van der Waals surface area (Å²) >= 11 is 0. The van der Waals surface area contributed by atoms with Crippen molar-refractivity contribution in [1.29, 1.82) is 0 Å². The van der Waals surface area contributed by atoms with Gasteiger partial charge in [-0.05, 0) is 54.3 Å². The van der Waals surface area contributed by atoms with Gasteiger partial charge >= 0.3 is 0 Å². The molecule has 2 aromatic carbocycles. The second-order valence-corrected chi connectivity index (χ2v) is 7.14. The molecule has 4 rings (SSSR count). The highest BCUT2D eigenvalue weighted by atomic mass is 16.5. The summed E-state index contributed by atoms with van der Waals surface area (Å²) in [6.07, 6.45) is 3.47. The molecule has 0 spiro atoms. The fourth-order valence-corrected chi connectivity index (χ4v) is 3.78. The van der Waals surface area contributed by atoms with E-state index in [1.54, 1.807) is 31.0 Å². The quantitative estimate of drug-likeness (QED) is 0.524. The molecule has 0 unspecified atom stereocenters. The van der Waals surface area contributed by atoms with Crippen LogP contribution in [-0.4, -0.2) is 35.6 Å². The zero-order valence-corrected chi connectivity index (χ0v) is 16.1. The number of ether oxygens (including phenoxy) is 1. The number of amides is 2. The van der Waals surface area contributed by atoms with Crippen molar-refractivity contribution in [2.75, 3.05) is 13.7 Å². The summed E-state index contributed by atoms with van der Waals surface area (Å²) in [6, 6.07) is 10.8. The van der Waals surface area contributed by atoms with Gasteiger partial charge in [-0.3, -0.25) is 14.8 Å². The number of nitrogens with one attached hydrogen (secondary N) is 1. The average Bonchev–Trinajstić information content (AvgIpc) is 3.01. The zero-order valence-electron chi connectivity index (χ0n) is 16.1. The third-order valence-electron chi connectivity index (χ3n) is 5.36. The van der Waals surface area contributed by atoms with Crippen LogP contribution in [0.5, 0.6) is 5.75 Å². The van der Waals surface area contributed by atoms with Crippen molar-refractivity contribution in [2.45, 2.75) is 25.8 Å². The van der Waals surface area contributed by atoms with E-state index in [4.69, 9.17) is 14.4 Å². The third kappa shape index (κ3) is 3.82. The van der Waals surface area contributed by atoms with E-state index in [0.717, 1.165) is 46.3 Å². The summed E-state index contributed by atoms with van der Waals surface area (Å²) in [5.74, 6) is 0.215. The van der Waals surface area contributed by atoms with E-state index in [1.165, 1.54) is 0 Å². The van der Waals surface area contributed by atoms with Crippen LogP contribution < -0.4 is 10.2 Å². The van der Waals surface area contributed by atoms with Crippen LogP contribution in [0, 0.1) is 0 Å². The Labute approximate surface area is 167 Å². The van der Waals surface area contributed by atoms with E-state index in [9.17, 15) is 9.59 Å². The highest BCUT2D eigenvalue weighted by Crippen LogP contribution is 2.27. The van der Waals surface area contributed by atoms with Gasteiger partial charge in [0.1, 0.15) is 11.3 Å². The van der Waals surface area contributed by atoms with E-state index < -0.39 is 5.91 Å². The Balaban J connectivity index is 1.53. The maximum atomic E-state index is 13.0. The molecule has 3 aromatic rings. The van der Waals surface area contributed by atoms with E-state index in [-0.39, 0.29) is 12.3 Å². The van der Waals surface area contributed by atoms with Crippen molar-refractivity contribution >= 4 is 22.8 Å². The van der Waals surface area contributed by atoms with Crippen LogP contribution in [-0.2, 0) is 24.2 Å². The lowest BCUT2D eigenvalue weighted by molar-refractivity contribution is -0.131. The summed E-state index contributed by atoms with van der Waals surface area (Å²) in [6.45, 7) is 1.14. The van der Waals surface area contributed by atoms with Crippen molar-refractivity contribution < 1.29 is 24.0 Å². The number of hydrogen-bond acceptors (Lipinski definition) is 5. The smallest absolute Gasteiger partial charge is 0.274 e. The molecule has 7 heteroatoms. The number of fused-ring (bicyclic) bond motifs is 2. The maximum absolute atomic E-state index is 13.0. The number of rotatable bonds is 4. The molecule has 1 aromatic heterocycles. The number of furan rings is 1. The fraction of sp³-hybridized carbons (Fsp3) is 0.273. The van der Waals surface area contributed by atoms with Gasteiger partial charge in [0.2, 0.25) is 5.91 Å². The van der Waals surface area contributed by atoms with Gasteiger partial charge in [0.25, 0.3) is 5.91 Å². The minimum atomic E-state index is -0.535. The standard InChI is InChI=1S/C22H22N2O5/c1-28-18-6-7-20-19(11-18)17(13-29-20)10-21(25)24-8-2-3-14-9-15(22(26)23-27)4-5-16(14)12-24/h4-7,9,11,13,27H,2-3,8,10,12H2,1H3,(H,23,26). The van der Waals surface area contributed by atoms with Gasteiger partial charge in [0.15, 0.2) is 0 Å². The van der Waals surface area contributed by atoms with Crippen molar-refractivity contribution in [1.82, 2.24) is 10.4 Å². The Hall–Kier alpha value is -3.32. The lowest BCUT2D eigenvalue weighted by atomic mass is 10.0. The zero-order chi connectivity index (χ0) is 20.4. The SMILES string of the molecule is COc1ccc2occ(CC(=O)N3CCCc4cc(C(=O)NO)ccc4C3)c2c1. The monoisotopic (exact) mass is 394 g/mol. The van der Waals surface area contributed by atoms with Crippen LogP contribution in [0.3, 0.4) is 0 Å². The highest BCUT2D eigenvalue weighted by Gasteiger charge is 2.21. The van der Waals surface area contributed by atoms with E-state index >= 15 is 0 Å². The van der Waals surface area contributed by atoms with Gasteiger partial charge in [0.05, 0.1) is 19.8 Å². The second-order valence-electron chi connectivity index (χ2n) is 7.14. The normalized spacial score (nSPS) is 13.7. The number of aryl methyl sites for hydroxylation is 1. The molecule has 29 heavy (non-hydrogen) atoms. The maximum Gasteiger partial charge on any atom is 0.274 e. The summed E-state index contributed by atoms with van der Waals surface area (Å²) in [5.41, 5.74) is 5.67. The number of carbonyl (C=O) groups is 2. The Kier molecular flexibility index (Phi) is 5.22. The van der Waals surface area contributed by atoms with Gasteiger partial charge in [-0.1, -0.05) is 6.07 Å². The lowest BCUT2D eigenvalue weighted by Gasteiger charge is -2.21. The molecule has 2 N–H and O–H groups in total. The van der Waals surface area contributed by atoms with Crippen molar-refractivity contribution in [2.24, 2.45) is 0 Å². The first kappa shape index (κ1) is 19.0. The molecule has 0 fully saturated rings. The molecule has 0 radical (unpaired) electrons. The number of nitrogens with zero attached hydrogens (tertiary/aromatic N) is 1. The van der Waals surface area contributed by atoms with E-state index in [2.05, 4.69) is 0 Å². The predicted molar refractivity (Wildman–Crippen MR) is 106 cm³/mol. The first-order valence-electron chi connectivity index (χ1n) is 9.47. The Morgan fingerprint density at radius 2 is 2.07 bits per heavy atom. The van der Waals surface area contributed by atoms with Gasteiger partial charge in [0, 0.05) is 29.6 Å². The first-order chi connectivity index (χ1) is 14.1. The second kappa shape index (κ2) is 7.97. The number of benzene rings is 2. The molecule has 2 amide bonds. The molecule has 0 atom stereocenters. The Morgan fingerprint density at radius 1 is 1.21 bits per heavy atom. The largest absolute Gasteiger partial charge is 0.497 e. The molecule has 7 nitrogen and oxygen atoms in total. The minimum absolute atomic E-state index is 0.0283. The van der Waals surface area contributed by atoms with Crippen LogP contribution in [0.2, 0.25) is 0 Å². The van der Waals surface area contributed by atoms with Crippen LogP contribution in [0.4, 0.5) is 0 Å². The first-order valence-corrected chi connectivity index (χ1v) is 9.47. The molecule has 0 saturated heterocycles. The summed E-state index contributed by atoms with van der Waals surface area (Å²) in [4.78, 5) is 26.5. The number of methoxy groups -OCH3 is 1. The topological polar surface area (TPSA) is 92.0 Å². The van der Waals surface area contributed by atoms with Crippen LogP contribution >= 0.6 is 0 Å². The molecule has 0 bridgehead atoms. The highest BCUT2D eigenvalue weighted by molar-refractivity contribution is 5.93. The summed E-state index contributed by atoms with van der Waals surface area (Å²) in [7, 11) is 1.61. The Morgan fingerprint density at radius 3 is 2.86 bits per heavy atom. The van der Waals surface area contributed by atoms with Crippen molar-refractivity contribution in [3.8, 4) is 5.75 Å². The summed E-state index contributed by atoms with van der Waals surface area (Å²) < 4.78 is 10.9. The van der Waals surface area contributed by atoms with Crippen LogP contribution in [0.1, 0.15) is 33.5 Å². The molecule has 2 heterocycles. The third-order valence-corrected chi connectivity index (χ3v) is 5.36. The van der Waals surface area contributed by atoms with Gasteiger partial charge < -0.3 is 14.1 Å². The van der Waals surface area contributed by atoms with E-state index in [1.807, 2.05) is 29.2 Å². The Bertz CT molecular complexity index is 1070. The number of hydrogen-bond donors (Lipinski definition) is 2. The average molecular weight is 394 g/mol. The van der Waals surface area contributed by atoms with Crippen LogP contribution in [0.15, 0.2) is 47.1 Å². The number of carbonyl (C=O) groups excluding carboxylic acids is 2. The molecule has 0 aliphatic carbocycles. The molecule has 1 aliphatic rings. The van der Waals surface area contributed by atoms with Crippen LogP contribution in [0.25, 0.3) is 11.0 Å². The molecular formula is C22H22N2O5. The minimum Gasteiger partial charge on any atom is -0.497 e. The van der Waals surface area contributed by atoms with Gasteiger partial charge in [-0.15, -0.1) is 0 Å². The fourth-order valence-electron chi connectivity index (χ4n) is 3.78. The van der Waals surface area contributed by atoms with Crippen molar-refractivity contribution in [3.63, 3.8) is 0 Å². The van der Waals surface area contributed by atoms with Crippen molar-refractivity contribution in [3.05, 3.63) is 64.9 Å². The predicted octanol–water partition coefficient (Wildman–Crippen LogP) is 3.08. The summed E-state index contributed by atoms with van der Waals surface area (Å²) in [5, 5.41) is 9.71. The molecular weight excluding hydrogens is 372 g/mol. The molecule has 1 aliphatic heterocycles. The molecule has 150 valence electrons. The van der Waals surface area contributed by atoms with E-state index in [0.29, 0.717) is 18.7 Å².